The van der Waals surface area contributed by atoms with Gasteiger partial charge in [0.05, 0.1) is 11.7 Å². The molecule has 0 radical (unpaired) electrons. The van der Waals surface area contributed by atoms with Crippen LogP contribution in [0.1, 0.15) is 26.3 Å². The molecule has 0 aliphatic carbocycles. The minimum atomic E-state index is 0.501. The molecule has 1 unspecified atom stereocenters. The number of hydrogen-bond donors (Lipinski definition) is 0. The number of para-hydroxylation sites is 1. The van der Waals surface area contributed by atoms with Crippen LogP contribution in [0, 0.1) is 0 Å². The van der Waals surface area contributed by atoms with Crippen LogP contribution in [0.5, 0.6) is 0 Å². The topological polar surface area (TPSA) is 17.8 Å². The van der Waals surface area contributed by atoms with E-state index in [4.69, 9.17) is 0 Å². The molecular weight excluding hydrogens is 208 g/mol. The Hall–Kier alpha value is -1.83. The van der Waals surface area contributed by atoms with Gasteiger partial charge in [0.25, 0.3) is 0 Å². The van der Waals surface area contributed by atoms with Crippen molar-refractivity contribution in [2.24, 2.45) is 0 Å². The van der Waals surface area contributed by atoms with Crippen molar-refractivity contribution in [1.29, 1.82) is 0 Å². The zero-order chi connectivity index (χ0) is 11.8. The zero-order valence-corrected chi connectivity index (χ0v) is 10.2. The second-order valence-electron chi connectivity index (χ2n) is 4.54. The Labute approximate surface area is 101 Å². The summed E-state index contributed by atoms with van der Waals surface area (Å²) in [7, 11) is 0. The van der Waals surface area contributed by atoms with E-state index in [1.807, 2.05) is 12.4 Å². The van der Waals surface area contributed by atoms with Crippen LogP contribution in [-0.2, 0) is 0 Å². The van der Waals surface area contributed by atoms with Gasteiger partial charge in [-0.1, -0.05) is 25.1 Å². The van der Waals surface area contributed by atoms with Gasteiger partial charge >= 0.3 is 0 Å². The van der Waals surface area contributed by atoms with Crippen LogP contribution in [-0.4, -0.2) is 9.55 Å². The van der Waals surface area contributed by atoms with Gasteiger partial charge in [-0.2, -0.15) is 0 Å². The van der Waals surface area contributed by atoms with Gasteiger partial charge in [0, 0.05) is 28.5 Å². The van der Waals surface area contributed by atoms with Crippen LogP contribution in [0.2, 0.25) is 0 Å². The molecule has 2 heterocycles. The Morgan fingerprint density at radius 3 is 2.71 bits per heavy atom. The van der Waals surface area contributed by atoms with Gasteiger partial charge in [-0.15, -0.1) is 0 Å². The van der Waals surface area contributed by atoms with E-state index in [1.54, 1.807) is 0 Å². The third-order valence-electron chi connectivity index (χ3n) is 3.54. The van der Waals surface area contributed by atoms with Crippen LogP contribution >= 0.6 is 0 Å². The molecule has 3 aromatic rings. The van der Waals surface area contributed by atoms with Crippen molar-refractivity contribution in [3.8, 4) is 0 Å². The highest BCUT2D eigenvalue weighted by Gasteiger charge is 2.13. The largest absolute Gasteiger partial charge is 0.336 e. The number of rotatable bonds is 2. The van der Waals surface area contributed by atoms with E-state index in [0.717, 1.165) is 6.42 Å². The highest BCUT2D eigenvalue weighted by molar-refractivity contribution is 6.07. The molecule has 86 valence electrons. The number of nitrogens with zero attached hydrogens (tertiary/aromatic N) is 2. The van der Waals surface area contributed by atoms with Crippen molar-refractivity contribution in [3.63, 3.8) is 0 Å². The van der Waals surface area contributed by atoms with Crippen LogP contribution < -0.4 is 0 Å². The molecule has 0 saturated carbocycles. The first-order valence-electron chi connectivity index (χ1n) is 6.15. The van der Waals surface area contributed by atoms with Gasteiger partial charge < -0.3 is 4.57 Å². The van der Waals surface area contributed by atoms with Crippen LogP contribution in [0.4, 0.5) is 0 Å². The fourth-order valence-corrected chi connectivity index (χ4v) is 2.50. The Balaban J connectivity index is 2.50. The molecule has 0 aliphatic heterocycles. The van der Waals surface area contributed by atoms with Crippen LogP contribution in [0.3, 0.4) is 0 Å². The van der Waals surface area contributed by atoms with Crippen molar-refractivity contribution in [3.05, 3.63) is 42.7 Å². The lowest BCUT2D eigenvalue weighted by atomic mass is 10.2. The molecule has 2 heteroatoms. The van der Waals surface area contributed by atoms with Crippen molar-refractivity contribution < 1.29 is 0 Å². The first kappa shape index (κ1) is 10.3. The molecule has 0 bridgehead atoms. The van der Waals surface area contributed by atoms with Gasteiger partial charge in [-0.3, -0.25) is 4.98 Å². The number of benzene rings is 1. The number of fused-ring (bicyclic) bond motifs is 3. The number of pyridine rings is 1. The average molecular weight is 224 g/mol. The molecule has 0 spiro atoms. The van der Waals surface area contributed by atoms with Crippen molar-refractivity contribution >= 4 is 21.8 Å². The molecule has 3 rings (SSSR count). The predicted octanol–water partition coefficient (Wildman–Crippen LogP) is 4.16. The Kier molecular flexibility index (Phi) is 2.36. The Morgan fingerprint density at radius 1 is 1.12 bits per heavy atom. The SMILES string of the molecule is CCC(C)n1c2ccccc2c2ccncc21. The third kappa shape index (κ3) is 1.44. The van der Waals surface area contributed by atoms with E-state index in [2.05, 4.69) is 53.7 Å². The standard InChI is InChI=1S/C15H16N2/c1-3-11(2)17-14-7-5-4-6-12(14)13-8-9-16-10-15(13)17/h4-11H,3H2,1-2H3. The molecule has 0 saturated heterocycles. The van der Waals surface area contributed by atoms with Crippen LogP contribution in [0.25, 0.3) is 21.8 Å². The summed E-state index contributed by atoms with van der Waals surface area (Å²) < 4.78 is 2.40. The molecule has 2 nitrogen and oxygen atoms in total. The highest BCUT2D eigenvalue weighted by atomic mass is 15.0. The molecular formula is C15H16N2. The second-order valence-corrected chi connectivity index (χ2v) is 4.54. The zero-order valence-electron chi connectivity index (χ0n) is 10.2. The first-order chi connectivity index (χ1) is 8.33. The lowest BCUT2D eigenvalue weighted by molar-refractivity contribution is 0.562. The molecule has 1 atom stereocenters. The Morgan fingerprint density at radius 2 is 1.88 bits per heavy atom. The van der Waals surface area contributed by atoms with Gasteiger partial charge in [0.15, 0.2) is 0 Å². The maximum absolute atomic E-state index is 4.26. The van der Waals surface area contributed by atoms with Crippen molar-refractivity contribution in [2.45, 2.75) is 26.3 Å². The van der Waals surface area contributed by atoms with E-state index in [0.29, 0.717) is 6.04 Å². The average Bonchev–Trinajstić information content (AvgIpc) is 2.72. The van der Waals surface area contributed by atoms with Gasteiger partial charge in [-0.25, -0.2) is 0 Å². The summed E-state index contributed by atoms with van der Waals surface area (Å²) in [6, 6.07) is 11.2. The second kappa shape index (κ2) is 3.88. The predicted molar refractivity (Wildman–Crippen MR) is 72.2 cm³/mol. The van der Waals surface area contributed by atoms with E-state index in [-0.39, 0.29) is 0 Å². The number of hydrogen-bond acceptors (Lipinski definition) is 1. The van der Waals surface area contributed by atoms with Gasteiger partial charge in [0.1, 0.15) is 0 Å². The summed E-state index contributed by atoms with van der Waals surface area (Å²) >= 11 is 0. The quantitative estimate of drug-likeness (QED) is 0.639. The molecule has 2 aromatic heterocycles. The summed E-state index contributed by atoms with van der Waals surface area (Å²) in [4.78, 5) is 4.26. The fourth-order valence-electron chi connectivity index (χ4n) is 2.50. The first-order valence-corrected chi connectivity index (χ1v) is 6.15. The fraction of sp³-hybridized carbons (Fsp3) is 0.267. The third-order valence-corrected chi connectivity index (χ3v) is 3.54. The lowest BCUT2D eigenvalue weighted by Gasteiger charge is -2.14. The van der Waals surface area contributed by atoms with Crippen molar-refractivity contribution in [2.75, 3.05) is 0 Å². The summed E-state index contributed by atoms with van der Waals surface area (Å²) in [5, 5.41) is 2.63. The minimum absolute atomic E-state index is 0.501. The molecule has 0 fully saturated rings. The van der Waals surface area contributed by atoms with E-state index in [9.17, 15) is 0 Å². The lowest BCUT2D eigenvalue weighted by Crippen LogP contribution is -2.03. The summed E-state index contributed by atoms with van der Waals surface area (Å²) in [6.07, 6.45) is 4.97. The Bertz CT molecular complexity index is 614. The van der Waals surface area contributed by atoms with E-state index >= 15 is 0 Å². The molecule has 0 amide bonds. The minimum Gasteiger partial charge on any atom is -0.336 e. The monoisotopic (exact) mass is 224 g/mol. The van der Waals surface area contributed by atoms with E-state index < -0.39 is 0 Å². The van der Waals surface area contributed by atoms with E-state index in [1.165, 1.54) is 21.8 Å². The van der Waals surface area contributed by atoms with Crippen LogP contribution in [0.15, 0.2) is 42.7 Å². The maximum Gasteiger partial charge on any atom is 0.0680 e. The summed E-state index contributed by atoms with van der Waals surface area (Å²) in [5.41, 5.74) is 2.55. The van der Waals surface area contributed by atoms with Crippen molar-refractivity contribution in [1.82, 2.24) is 9.55 Å². The maximum atomic E-state index is 4.26. The molecule has 0 N–H and O–H groups in total. The number of aromatic nitrogens is 2. The molecule has 1 aromatic carbocycles. The van der Waals surface area contributed by atoms with Gasteiger partial charge in [0.2, 0.25) is 0 Å². The smallest absolute Gasteiger partial charge is 0.0680 e. The molecule has 17 heavy (non-hydrogen) atoms. The highest BCUT2D eigenvalue weighted by Crippen LogP contribution is 2.31. The van der Waals surface area contributed by atoms with Gasteiger partial charge in [-0.05, 0) is 25.5 Å². The summed E-state index contributed by atoms with van der Waals surface area (Å²) in [5.74, 6) is 0. The normalized spacial score (nSPS) is 13.3. The molecule has 0 aliphatic rings. The summed E-state index contributed by atoms with van der Waals surface area (Å²) in [6.45, 7) is 4.49.